The first-order chi connectivity index (χ1) is 14.7. The van der Waals surface area contributed by atoms with Crippen LogP contribution in [0.3, 0.4) is 0 Å². The molecule has 0 bridgehead atoms. The first-order valence-corrected chi connectivity index (χ1v) is 12.0. The molecule has 2 aromatic rings. The maximum Gasteiger partial charge on any atom is 0.224 e. The molecule has 2 fully saturated rings. The van der Waals surface area contributed by atoms with Crippen molar-refractivity contribution in [3.8, 4) is 0 Å². The smallest absolute Gasteiger partial charge is 0.224 e. The molecule has 1 amide bonds. The molecule has 1 unspecified atom stereocenters. The van der Waals surface area contributed by atoms with Gasteiger partial charge in [-0.3, -0.25) is 14.6 Å². The molecule has 0 radical (unpaired) electrons. The highest BCUT2D eigenvalue weighted by atomic mass is 79.9. The fraction of sp³-hybridized carbons (Fsp3) is 0.480. The predicted molar refractivity (Wildman–Crippen MR) is 125 cm³/mol. The van der Waals surface area contributed by atoms with Crippen molar-refractivity contribution in [2.75, 3.05) is 26.2 Å². The van der Waals surface area contributed by atoms with Crippen LogP contribution in [0.4, 0.5) is 0 Å². The van der Waals surface area contributed by atoms with Gasteiger partial charge in [-0.25, -0.2) is 0 Å². The van der Waals surface area contributed by atoms with Crippen LogP contribution in [0, 0.1) is 5.92 Å². The van der Waals surface area contributed by atoms with Crippen LogP contribution in [-0.4, -0.2) is 41.9 Å². The van der Waals surface area contributed by atoms with Gasteiger partial charge < -0.3 is 5.32 Å². The van der Waals surface area contributed by atoms with Crippen LogP contribution in [0.15, 0.2) is 53.0 Å². The summed E-state index contributed by atoms with van der Waals surface area (Å²) in [6, 6.07) is 17.2. The number of hydrogen-bond acceptors (Lipinski definition) is 3. The second-order valence-corrected chi connectivity index (χ2v) is 9.63. The number of nitrogens with one attached hydrogen (secondary N) is 1. The summed E-state index contributed by atoms with van der Waals surface area (Å²) >= 11 is 3.49. The van der Waals surface area contributed by atoms with Crippen LogP contribution in [0.1, 0.15) is 42.4 Å². The summed E-state index contributed by atoms with van der Waals surface area (Å²) in [6.45, 7) is 6.93. The second kappa shape index (κ2) is 10.6. The average molecular weight is 470 g/mol. The number of carbonyl (C=O) groups excluding carboxylic acids is 1. The van der Waals surface area contributed by atoms with E-state index in [9.17, 15) is 4.79 Å². The van der Waals surface area contributed by atoms with Crippen LogP contribution >= 0.6 is 15.9 Å². The summed E-state index contributed by atoms with van der Waals surface area (Å²) in [5.74, 6) is 0.278. The van der Waals surface area contributed by atoms with E-state index in [1.54, 1.807) is 0 Å². The third kappa shape index (κ3) is 6.16. The first kappa shape index (κ1) is 21.5. The Balaban J connectivity index is 1.23. The molecule has 2 saturated heterocycles. The Kier molecular flexibility index (Phi) is 7.58. The summed E-state index contributed by atoms with van der Waals surface area (Å²) in [5.41, 5.74) is 3.84. The van der Waals surface area contributed by atoms with Crippen molar-refractivity contribution in [3.63, 3.8) is 0 Å². The van der Waals surface area contributed by atoms with Crippen molar-refractivity contribution in [3.05, 3.63) is 69.7 Å². The molecule has 0 spiro atoms. The van der Waals surface area contributed by atoms with Crippen molar-refractivity contribution in [2.45, 2.75) is 45.3 Å². The Morgan fingerprint density at radius 1 is 0.833 bits per heavy atom. The molecule has 160 valence electrons. The van der Waals surface area contributed by atoms with E-state index in [2.05, 4.69) is 79.6 Å². The van der Waals surface area contributed by atoms with Gasteiger partial charge in [0.25, 0.3) is 0 Å². The van der Waals surface area contributed by atoms with Crippen LogP contribution in [-0.2, 0) is 24.4 Å². The fourth-order valence-corrected chi connectivity index (χ4v) is 4.82. The molecule has 1 N–H and O–H groups in total. The number of carbonyl (C=O) groups is 1. The number of halogens is 1. The number of hydrogen-bond donors (Lipinski definition) is 1. The Morgan fingerprint density at radius 2 is 1.40 bits per heavy atom. The largest absolute Gasteiger partial charge is 0.352 e. The highest BCUT2D eigenvalue weighted by molar-refractivity contribution is 9.10. The molecule has 2 aromatic carbocycles. The first-order valence-electron chi connectivity index (χ1n) is 11.2. The lowest BCUT2D eigenvalue weighted by Gasteiger charge is -2.32. The van der Waals surface area contributed by atoms with E-state index >= 15 is 0 Å². The molecule has 1 atom stereocenters. The van der Waals surface area contributed by atoms with Crippen molar-refractivity contribution >= 4 is 21.8 Å². The van der Waals surface area contributed by atoms with Crippen molar-refractivity contribution in [1.82, 2.24) is 15.1 Å². The minimum Gasteiger partial charge on any atom is -0.352 e. The van der Waals surface area contributed by atoms with E-state index < -0.39 is 0 Å². The Labute approximate surface area is 188 Å². The zero-order chi connectivity index (χ0) is 20.8. The van der Waals surface area contributed by atoms with Gasteiger partial charge in [0.15, 0.2) is 0 Å². The Hall–Kier alpha value is -1.69. The van der Waals surface area contributed by atoms with Gasteiger partial charge >= 0.3 is 0 Å². The SMILES string of the molecule is O=C(NCc1ccc(CN2CCCC2)cc1)C1CCCN(Cc2ccc(Br)cc2)C1. The standard InChI is InChI=1S/C25H32BrN3O/c26-24-11-9-22(10-12-24)18-29-15-3-4-23(19-29)25(30)27-16-20-5-7-21(8-6-20)17-28-13-1-2-14-28/h5-12,23H,1-4,13-19H2,(H,27,30). The maximum absolute atomic E-state index is 12.8. The van der Waals surface area contributed by atoms with Gasteiger partial charge in [-0.2, -0.15) is 0 Å². The molecular weight excluding hydrogens is 438 g/mol. The summed E-state index contributed by atoms with van der Waals surface area (Å²) < 4.78 is 1.10. The molecule has 0 aromatic heterocycles. The topological polar surface area (TPSA) is 35.6 Å². The van der Waals surface area contributed by atoms with Crippen LogP contribution in [0.5, 0.6) is 0 Å². The van der Waals surface area contributed by atoms with Gasteiger partial charge in [-0.1, -0.05) is 52.3 Å². The van der Waals surface area contributed by atoms with E-state index in [1.807, 2.05) is 0 Å². The average Bonchev–Trinajstić information content (AvgIpc) is 3.28. The lowest BCUT2D eigenvalue weighted by Crippen LogP contribution is -2.42. The number of piperidine rings is 1. The van der Waals surface area contributed by atoms with Gasteiger partial charge in [0.2, 0.25) is 5.91 Å². The second-order valence-electron chi connectivity index (χ2n) is 8.72. The molecule has 0 aliphatic carbocycles. The summed E-state index contributed by atoms with van der Waals surface area (Å²) in [4.78, 5) is 17.7. The maximum atomic E-state index is 12.8. The van der Waals surface area contributed by atoms with Crippen molar-refractivity contribution in [1.29, 1.82) is 0 Å². The lowest BCUT2D eigenvalue weighted by atomic mass is 9.96. The number of nitrogens with zero attached hydrogens (tertiary/aromatic N) is 2. The Bertz CT molecular complexity index is 815. The monoisotopic (exact) mass is 469 g/mol. The van der Waals surface area contributed by atoms with Gasteiger partial charge in [-0.05, 0) is 74.1 Å². The molecule has 5 heteroatoms. The number of benzene rings is 2. The van der Waals surface area contributed by atoms with Gasteiger partial charge in [-0.15, -0.1) is 0 Å². The molecule has 2 aliphatic rings. The fourth-order valence-electron chi connectivity index (χ4n) is 4.56. The van der Waals surface area contributed by atoms with Crippen molar-refractivity contribution < 1.29 is 4.79 Å². The third-order valence-corrected chi connectivity index (χ3v) is 6.82. The van der Waals surface area contributed by atoms with Gasteiger partial charge in [0.1, 0.15) is 0 Å². The number of rotatable bonds is 7. The van der Waals surface area contributed by atoms with Crippen LogP contribution in [0.2, 0.25) is 0 Å². The zero-order valence-corrected chi connectivity index (χ0v) is 19.2. The molecule has 4 nitrogen and oxygen atoms in total. The lowest BCUT2D eigenvalue weighted by molar-refractivity contribution is -0.126. The van der Waals surface area contributed by atoms with Gasteiger partial charge in [0.05, 0.1) is 5.92 Å². The molecular formula is C25H32BrN3O. The molecule has 2 aliphatic heterocycles. The van der Waals surface area contributed by atoms with Crippen molar-refractivity contribution in [2.24, 2.45) is 5.92 Å². The molecule has 0 saturated carbocycles. The van der Waals surface area contributed by atoms with E-state index in [1.165, 1.54) is 42.6 Å². The highest BCUT2D eigenvalue weighted by Gasteiger charge is 2.25. The molecule has 2 heterocycles. The normalized spacial score (nSPS) is 20.4. The summed E-state index contributed by atoms with van der Waals surface area (Å²) in [6.07, 6.45) is 4.72. The summed E-state index contributed by atoms with van der Waals surface area (Å²) in [7, 11) is 0. The predicted octanol–water partition coefficient (Wildman–Crippen LogP) is 4.57. The van der Waals surface area contributed by atoms with E-state index in [4.69, 9.17) is 0 Å². The quantitative estimate of drug-likeness (QED) is 0.644. The summed E-state index contributed by atoms with van der Waals surface area (Å²) in [5, 5.41) is 3.17. The minimum atomic E-state index is 0.0867. The van der Waals surface area contributed by atoms with E-state index in [0.717, 1.165) is 43.5 Å². The van der Waals surface area contributed by atoms with E-state index in [0.29, 0.717) is 6.54 Å². The minimum absolute atomic E-state index is 0.0867. The highest BCUT2D eigenvalue weighted by Crippen LogP contribution is 2.20. The zero-order valence-electron chi connectivity index (χ0n) is 17.7. The van der Waals surface area contributed by atoms with Crippen LogP contribution in [0.25, 0.3) is 0 Å². The van der Waals surface area contributed by atoms with E-state index in [-0.39, 0.29) is 11.8 Å². The molecule has 4 rings (SSSR count). The molecule has 30 heavy (non-hydrogen) atoms. The number of likely N-dealkylation sites (tertiary alicyclic amines) is 2. The number of amides is 1. The van der Waals surface area contributed by atoms with Crippen LogP contribution < -0.4 is 5.32 Å². The Morgan fingerprint density at radius 3 is 2.10 bits per heavy atom. The van der Waals surface area contributed by atoms with Gasteiger partial charge in [0, 0.05) is 30.7 Å². The third-order valence-electron chi connectivity index (χ3n) is 6.29.